The molecule has 3 aromatic rings. The highest BCUT2D eigenvalue weighted by atomic mass is 35.5. The number of carbonyl (C=O) groups excluding carboxylic acids is 1. The van der Waals surface area contributed by atoms with Gasteiger partial charge >= 0.3 is 0 Å². The number of amides is 1. The third kappa shape index (κ3) is 5.70. The van der Waals surface area contributed by atoms with Gasteiger partial charge in [0, 0.05) is 0 Å². The molecule has 0 unspecified atom stereocenters. The van der Waals surface area contributed by atoms with Crippen molar-refractivity contribution in [2.75, 3.05) is 30.4 Å². The number of rotatable bonds is 8. The Morgan fingerprint density at radius 1 is 0.912 bits per heavy atom. The van der Waals surface area contributed by atoms with E-state index >= 15 is 0 Å². The second kappa shape index (κ2) is 10.7. The summed E-state index contributed by atoms with van der Waals surface area (Å²) in [7, 11) is -1.35. The highest BCUT2D eigenvalue weighted by Crippen LogP contribution is 2.34. The van der Waals surface area contributed by atoms with E-state index in [0.717, 1.165) is 4.31 Å². The number of aryl methyl sites for hydroxylation is 1. The third-order valence-electron chi connectivity index (χ3n) is 4.82. The van der Waals surface area contributed by atoms with E-state index in [9.17, 15) is 13.2 Å². The van der Waals surface area contributed by atoms with Crippen molar-refractivity contribution in [1.82, 2.24) is 0 Å². The molecule has 0 radical (unpaired) electrons. The average Bonchev–Trinajstić information content (AvgIpc) is 2.81. The number of benzene rings is 3. The summed E-state index contributed by atoms with van der Waals surface area (Å²) in [5.74, 6) is 0.0321. The molecule has 0 aliphatic heterocycles. The van der Waals surface area contributed by atoms with Gasteiger partial charge in [-0.2, -0.15) is 0 Å². The molecule has 0 saturated heterocycles. The van der Waals surface area contributed by atoms with Crippen LogP contribution in [-0.4, -0.2) is 35.1 Å². The highest BCUT2D eigenvalue weighted by molar-refractivity contribution is 7.93. The topological polar surface area (TPSA) is 84.9 Å². The van der Waals surface area contributed by atoms with E-state index in [2.05, 4.69) is 5.32 Å². The molecule has 0 aliphatic carbocycles. The van der Waals surface area contributed by atoms with Crippen molar-refractivity contribution in [3.8, 4) is 11.5 Å². The minimum absolute atomic E-state index is 0.0776. The fourth-order valence-electron chi connectivity index (χ4n) is 3.11. The van der Waals surface area contributed by atoms with Crippen LogP contribution < -0.4 is 19.1 Å². The number of anilines is 2. The fraction of sp³-hybridized carbons (Fsp3) is 0.174. The maximum Gasteiger partial charge on any atom is 0.268 e. The van der Waals surface area contributed by atoms with Crippen molar-refractivity contribution in [1.29, 1.82) is 0 Å². The van der Waals surface area contributed by atoms with Crippen molar-refractivity contribution in [2.45, 2.75) is 11.8 Å². The number of methoxy groups -OCH3 is 2. The number of halogens is 3. The molecule has 0 saturated carbocycles. The van der Waals surface area contributed by atoms with Gasteiger partial charge in [-0.3, -0.25) is 9.10 Å². The molecule has 1 N–H and O–H groups in total. The standard InChI is InChI=1S/C23H21Cl3N2O5S/c1-14-4-9-21(33-3)22(10-14)34(30,31)28(15-5-7-16(32-2)8-6-15)13-23(29)27-20-12-18(25)17(24)11-19(20)26/h4-12H,13H2,1-3H3,(H,27,29). The summed E-state index contributed by atoms with van der Waals surface area (Å²) in [6, 6.07) is 13.8. The smallest absolute Gasteiger partial charge is 0.268 e. The van der Waals surface area contributed by atoms with Crippen molar-refractivity contribution in [2.24, 2.45) is 0 Å². The number of nitrogens with zero attached hydrogens (tertiary/aromatic N) is 1. The van der Waals surface area contributed by atoms with Gasteiger partial charge in [-0.25, -0.2) is 8.42 Å². The Hall–Kier alpha value is -2.65. The molecule has 0 heterocycles. The Morgan fingerprint density at radius 2 is 1.56 bits per heavy atom. The lowest BCUT2D eigenvalue weighted by atomic mass is 10.2. The number of ether oxygens (including phenoxy) is 2. The Labute approximate surface area is 213 Å². The van der Waals surface area contributed by atoms with Crippen LogP contribution in [-0.2, 0) is 14.8 Å². The Morgan fingerprint density at radius 3 is 2.18 bits per heavy atom. The van der Waals surface area contributed by atoms with E-state index < -0.39 is 22.5 Å². The molecular weight excluding hydrogens is 523 g/mol. The second-order valence-corrected chi connectivity index (χ2v) is 10.2. The summed E-state index contributed by atoms with van der Waals surface area (Å²) in [5.41, 5.74) is 1.15. The first kappa shape index (κ1) is 26.0. The lowest BCUT2D eigenvalue weighted by Crippen LogP contribution is -2.38. The lowest BCUT2D eigenvalue weighted by Gasteiger charge is -2.25. The first-order valence-corrected chi connectivity index (χ1v) is 12.4. The molecule has 3 aromatic carbocycles. The second-order valence-electron chi connectivity index (χ2n) is 7.16. The minimum atomic E-state index is -4.22. The predicted molar refractivity (Wildman–Crippen MR) is 135 cm³/mol. The number of sulfonamides is 1. The van der Waals surface area contributed by atoms with Crippen molar-refractivity contribution < 1.29 is 22.7 Å². The predicted octanol–water partition coefficient (Wildman–Crippen LogP) is 5.81. The maximum absolute atomic E-state index is 13.7. The van der Waals surface area contributed by atoms with E-state index in [0.29, 0.717) is 11.3 Å². The summed E-state index contributed by atoms with van der Waals surface area (Å²) in [6.07, 6.45) is 0. The van der Waals surface area contributed by atoms with E-state index in [1.165, 1.54) is 44.6 Å². The summed E-state index contributed by atoms with van der Waals surface area (Å²) in [4.78, 5) is 12.9. The van der Waals surface area contributed by atoms with Crippen molar-refractivity contribution in [3.05, 3.63) is 75.2 Å². The van der Waals surface area contributed by atoms with Gasteiger partial charge in [-0.05, 0) is 61.0 Å². The van der Waals surface area contributed by atoms with Gasteiger partial charge in [0.15, 0.2) is 0 Å². The van der Waals surface area contributed by atoms with Crippen LogP contribution in [0.5, 0.6) is 11.5 Å². The molecule has 0 fully saturated rings. The van der Waals surface area contributed by atoms with E-state index in [1.54, 1.807) is 31.2 Å². The minimum Gasteiger partial charge on any atom is -0.497 e. The Kier molecular flexibility index (Phi) is 8.20. The van der Waals surface area contributed by atoms with Crippen molar-refractivity contribution >= 4 is 62.1 Å². The van der Waals surface area contributed by atoms with Crippen LogP contribution in [0.2, 0.25) is 15.1 Å². The van der Waals surface area contributed by atoms with Crippen molar-refractivity contribution in [3.63, 3.8) is 0 Å². The molecule has 0 atom stereocenters. The zero-order chi connectivity index (χ0) is 25.0. The molecule has 11 heteroatoms. The molecule has 7 nitrogen and oxygen atoms in total. The molecule has 1 amide bonds. The van der Waals surface area contributed by atoms with Crippen LogP contribution >= 0.6 is 34.8 Å². The number of carbonyl (C=O) groups is 1. The molecule has 0 spiro atoms. The SMILES string of the molecule is COc1ccc(N(CC(=O)Nc2cc(Cl)c(Cl)cc2Cl)S(=O)(=O)c2cc(C)ccc2OC)cc1. The van der Waals surface area contributed by atoms with E-state index in [-0.39, 0.29) is 37.1 Å². The van der Waals surface area contributed by atoms with Crippen LogP contribution in [0.4, 0.5) is 11.4 Å². The molecule has 0 aromatic heterocycles. The monoisotopic (exact) mass is 542 g/mol. The van der Waals surface area contributed by atoms with Crippen LogP contribution in [0, 0.1) is 6.92 Å². The van der Waals surface area contributed by atoms with Crippen LogP contribution in [0.3, 0.4) is 0 Å². The molecule has 0 aliphatic rings. The van der Waals surface area contributed by atoms with Gasteiger partial charge in [-0.1, -0.05) is 40.9 Å². The van der Waals surface area contributed by atoms with Crippen LogP contribution in [0.25, 0.3) is 0 Å². The molecule has 0 bridgehead atoms. The van der Waals surface area contributed by atoms with Gasteiger partial charge in [0.05, 0.1) is 40.7 Å². The quantitative estimate of drug-likeness (QED) is 0.363. The van der Waals surface area contributed by atoms with Gasteiger partial charge < -0.3 is 14.8 Å². The fourth-order valence-corrected chi connectivity index (χ4v) is 5.36. The van der Waals surface area contributed by atoms with Crippen LogP contribution in [0.15, 0.2) is 59.5 Å². The Balaban J connectivity index is 2.03. The third-order valence-corrected chi connectivity index (χ3v) is 7.65. The lowest BCUT2D eigenvalue weighted by molar-refractivity contribution is -0.114. The summed E-state index contributed by atoms with van der Waals surface area (Å²) in [6.45, 7) is 1.21. The number of hydrogen-bond donors (Lipinski definition) is 1. The van der Waals surface area contributed by atoms with Gasteiger partial charge in [0.1, 0.15) is 22.9 Å². The van der Waals surface area contributed by atoms with Gasteiger partial charge in [0.2, 0.25) is 5.91 Å². The van der Waals surface area contributed by atoms with Gasteiger partial charge in [-0.15, -0.1) is 0 Å². The molecule has 180 valence electrons. The van der Waals surface area contributed by atoms with Gasteiger partial charge in [0.25, 0.3) is 10.0 Å². The van der Waals surface area contributed by atoms with Crippen LogP contribution in [0.1, 0.15) is 5.56 Å². The van der Waals surface area contributed by atoms with E-state index in [1.807, 2.05) is 0 Å². The number of nitrogens with one attached hydrogen (secondary N) is 1. The number of hydrogen-bond acceptors (Lipinski definition) is 5. The largest absolute Gasteiger partial charge is 0.497 e. The average molecular weight is 544 g/mol. The molecular formula is C23H21Cl3N2O5S. The summed E-state index contributed by atoms with van der Waals surface area (Å²) < 4.78 is 38.9. The first-order chi connectivity index (χ1) is 16.1. The maximum atomic E-state index is 13.7. The first-order valence-electron chi connectivity index (χ1n) is 9.82. The summed E-state index contributed by atoms with van der Waals surface area (Å²) >= 11 is 18.1. The normalized spacial score (nSPS) is 11.1. The Bertz CT molecular complexity index is 1310. The van der Waals surface area contributed by atoms with E-state index in [4.69, 9.17) is 44.3 Å². The summed E-state index contributed by atoms with van der Waals surface area (Å²) in [5, 5.41) is 3.15. The zero-order valence-corrected chi connectivity index (χ0v) is 21.5. The highest BCUT2D eigenvalue weighted by Gasteiger charge is 2.30. The molecule has 34 heavy (non-hydrogen) atoms. The molecule has 3 rings (SSSR count). The zero-order valence-electron chi connectivity index (χ0n) is 18.4.